The highest BCUT2D eigenvalue weighted by atomic mass is 14.4. The zero-order valence-electron chi connectivity index (χ0n) is 7.14. The van der Waals surface area contributed by atoms with Gasteiger partial charge in [0.05, 0.1) is 7.85 Å². The summed E-state index contributed by atoms with van der Waals surface area (Å²) < 4.78 is 0. The maximum atomic E-state index is 4.50. The normalized spacial score (nSPS) is 42.8. The molecule has 1 heteroatoms. The molecule has 0 aromatic carbocycles. The molecule has 0 aliphatic heterocycles. The molecule has 2 bridgehead atoms. The summed E-state index contributed by atoms with van der Waals surface area (Å²) in [6, 6.07) is 0. The second-order valence-electron chi connectivity index (χ2n) is 3.65. The molecule has 0 aromatic heterocycles. The number of hydrogen-bond donors (Lipinski definition) is 0. The third kappa shape index (κ3) is 1.38. The van der Waals surface area contributed by atoms with E-state index in [9.17, 15) is 0 Å². The average molecular weight is 136 g/mol. The van der Waals surface area contributed by atoms with Crippen LogP contribution >= 0.6 is 0 Å². The molecule has 0 N–H and O–H groups in total. The third-order valence-corrected chi connectivity index (χ3v) is 3.09. The van der Waals surface area contributed by atoms with Gasteiger partial charge in [-0.05, 0) is 37.0 Å². The van der Waals surface area contributed by atoms with Crippen LogP contribution in [0.5, 0.6) is 0 Å². The topological polar surface area (TPSA) is 0 Å². The lowest BCUT2D eigenvalue weighted by Gasteiger charge is -2.15. The Morgan fingerprint density at radius 1 is 1.10 bits per heavy atom. The van der Waals surface area contributed by atoms with Crippen LogP contribution in [0.3, 0.4) is 0 Å². The van der Waals surface area contributed by atoms with Crippen molar-refractivity contribution in [2.45, 2.75) is 39.4 Å². The second-order valence-corrected chi connectivity index (χ2v) is 3.65. The van der Waals surface area contributed by atoms with E-state index in [0.717, 1.165) is 17.8 Å². The van der Waals surface area contributed by atoms with E-state index < -0.39 is 0 Å². The molecule has 3 unspecified atom stereocenters. The highest BCUT2D eigenvalue weighted by Gasteiger charge is 2.36. The quantitative estimate of drug-likeness (QED) is 0.449. The van der Waals surface area contributed by atoms with Crippen molar-refractivity contribution in [2.75, 3.05) is 0 Å². The summed E-state index contributed by atoms with van der Waals surface area (Å²) in [6.07, 6.45) is 6.21. The summed E-state index contributed by atoms with van der Waals surface area (Å²) in [4.78, 5) is 0. The fourth-order valence-electron chi connectivity index (χ4n) is 2.56. The van der Waals surface area contributed by atoms with Crippen molar-refractivity contribution in [2.24, 2.45) is 17.8 Å². The Hall–Kier alpha value is 0.0649. The fraction of sp³-hybridized carbons (Fsp3) is 1.00. The number of fused-ring (bicyclic) bond motifs is 2. The highest BCUT2D eigenvalue weighted by Crippen LogP contribution is 2.47. The first kappa shape index (κ1) is 8.16. The molecular formula is C9H17B. The van der Waals surface area contributed by atoms with Gasteiger partial charge in [-0.1, -0.05) is 20.2 Å². The molecule has 0 heterocycles. The molecule has 2 aliphatic rings. The maximum absolute atomic E-state index is 4.50. The molecule has 3 atom stereocenters. The molecule has 2 aliphatic carbocycles. The Bertz CT molecular complexity index is 98.9. The van der Waals surface area contributed by atoms with Gasteiger partial charge in [0.25, 0.3) is 0 Å². The van der Waals surface area contributed by atoms with Crippen molar-refractivity contribution >= 4 is 7.85 Å². The van der Waals surface area contributed by atoms with Gasteiger partial charge in [0.2, 0.25) is 0 Å². The maximum Gasteiger partial charge on any atom is 0.0606 e. The van der Waals surface area contributed by atoms with Crippen molar-refractivity contribution in [1.82, 2.24) is 0 Å². The van der Waals surface area contributed by atoms with Crippen LogP contribution in [0, 0.1) is 17.8 Å². The summed E-state index contributed by atoms with van der Waals surface area (Å²) in [6.45, 7) is 3.92. The van der Waals surface area contributed by atoms with Gasteiger partial charge in [-0.15, -0.1) is 0 Å². The van der Waals surface area contributed by atoms with Crippen LogP contribution in [0.4, 0.5) is 0 Å². The molecule has 10 heavy (non-hydrogen) atoms. The molecule has 0 spiro atoms. The largest absolute Gasteiger partial charge is 0.0999 e. The summed E-state index contributed by atoms with van der Waals surface area (Å²) in [5.74, 6) is 3.36. The van der Waals surface area contributed by atoms with Gasteiger partial charge in [0, 0.05) is 0 Å². The lowest BCUT2D eigenvalue weighted by atomic mass is 9.91. The standard InChI is InChI=1S/C8H14.CH3B/c1-6-4-7-2-3-8(6)5-7;1-2/h6-8H,2-5H2,1H3;1H3. The van der Waals surface area contributed by atoms with Crippen molar-refractivity contribution in [3.05, 3.63) is 0 Å². The summed E-state index contributed by atoms with van der Waals surface area (Å²) in [7, 11) is 4.50. The number of rotatable bonds is 0. The number of hydrogen-bond acceptors (Lipinski definition) is 0. The first-order valence-corrected chi connectivity index (χ1v) is 4.44. The zero-order valence-corrected chi connectivity index (χ0v) is 7.14. The smallest absolute Gasteiger partial charge is 0.0606 e. The minimum Gasteiger partial charge on any atom is -0.0999 e. The predicted molar refractivity (Wildman–Crippen MR) is 46.2 cm³/mol. The van der Waals surface area contributed by atoms with Crippen molar-refractivity contribution in [3.63, 3.8) is 0 Å². The SMILES string of the molecule is CC1CC2CCC1C2.[B]C. The van der Waals surface area contributed by atoms with E-state index in [-0.39, 0.29) is 0 Å². The third-order valence-electron chi connectivity index (χ3n) is 3.09. The second kappa shape index (κ2) is 3.45. The van der Waals surface area contributed by atoms with Crippen LogP contribution in [0.1, 0.15) is 32.6 Å². The minimum absolute atomic E-state index is 1.08. The minimum atomic E-state index is 1.08. The van der Waals surface area contributed by atoms with E-state index in [4.69, 9.17) is 0 Å². The van der Waals surface area contributed by atoms with Crippen LogP contribution in [-0.4, -0.2) is 7.85 Å². The average Bonchev–Trinajstić information content (AvgIpc) is 2.52. The predicted octanol–water partition coefficient (Wildman–Crippen LogP) is 2.65. The van der Waals surface area contributed by atoms with Gasteiger partial charge < -0.3 is 0 Å². The summed E-state index contributed by atoms with van der Waals surface area (Å²) in [5, 5.41) is 0. The molecule has 0 saturated heterocycles. The summed E-state index contributed by atoms with van der Waals surface area (Å²) >= 11 is 0. The molecule has 0 aromatic rings. The molecule has 2 radical (unpaired) electrons. The van der Waals surface area contributed by atoms with E-state index >= 15 is 0 Å². The Balaban J connectivity index is 0.000000231. The van der Waals surface area contributed by atoms with Crippen LogP contribution in [0.25, 0.3) is 0 Å². The molecule has 0 amide bonds. The summed E-state index contributed by atoms with van der Waals surface area (Å²) in [5.41, 5.74) is 0. The Labute approximate surface area is 65.8 Å². The highest BCUT2D eigenvalue weighted by molar-refractivity contribution is 6.05. The van der Waals surface area contributed by atoms with Crippen LogP contribution in [0.15, 0.2) is 0 Å². The van der Waals surface area contributed by atoms with Gasteiger partial charge in [-0.25, -0.2) is 0 Å². The lowest BCUT2D eigenvalue weighted by molar-refractivity contribution is 0.360. The van der Waals surface area contributed by atoms with Crippen molar-refractivity contribution < 1.29 is 0 Å². The van der Waals surface area contributed by atoms with E-state index in [0.29, 0.717) is 0 Å². The molecule has 2 rings (SSSR count). The molecule has 2 fully saturated rings. The van der Waals surface area contributed by atoms with Gasteiger partial charge in [-0.2, -0.15) is 0 Å². The molecule has 56 valence electrons. The zero-order chi connectivity index (χ0) is 7.56. The Morgan fingerprint density at radius 3 is 2.00 bits per heavy atom. The Morgan fingerprint density at radius 2 is 1.80 bits per heavy atom. The van der Waals surface area contributed by atoms with Crippen molar-refractivity contribution in [3.8, 4) is 0 Å². The van der Waals surface area contributed by atoms with Gasteiger partial charge >= 0.3 is 0 Å². The van der Waals surface area contributed by atoms with Gasteiger partial charge in [0.15, 0.2) is 0 Å². The van der Waals surface area contributed by atoms with Crippen LogP contribution in [0.2, 0.25) is 6.82 Å². The van der Waals surface area contributed by atoms with E-state index in [1.54, 1.807) is 25.7 Å². The van der Waals surface area contributed by atoms with Gasteiger partial charge in [0.1, 0.15) is 0 Å². The molecule has 0 nitrogen and oxygen atoms in total. The van der Waals surface area contributed by atoms with E-state index in [1.807, 2.05) is 0 Å². The first-order chi connectivity index (χ1) is 4.86. The first-order valence-electron chi connectivity index (χ1n) is 4.44. The van der Waals surface area contributed by atoms with E-state index in [2.05, 4.69) is 14.8 Å². The molecule has 2 saturated carbocycles. The fourth-order valence-corrected chi connectivity index (χ4v) is 2.56. The lowest BCUT2D eigenvalue weighted by Crippen LogP contribution is -2.04. The Kier molecular flexibility index (Phi) is 2.82. The van der Waals surface area contributed by atoms with Crippen LogP contribution < -0.4 is 0 Å². The monoisotopic (exact) mass is 136 g/mol. The van der Waals surface area contributed by atoms with Crippen LogP contribution in [-0.2, 0) is 0 Å². The molecular weight excluding hydrogens is 119 g/mol. The van der Waals surface area contributed by atoms with Gasteiger partial charge in [-0.3, -0.25) is 0 Å². The van der Waals surface area contributed by atoms with Crippen molar-refractivity contribution in [1.29, 1.82) is 0 Å². The van der Waals surface area contributed by atoms with E-state index in [1.165, 1.54) is 6.82 Å².